The number of nitrogens with two attached hydrogens (primary N) is 1. The fourth-order valence-corrected chi connectivity index (χ4v) is 3.33. The van der Waals surface area contributed by atoms with Gasteiger partial charge in [0.25, 0.3) is 0 Å². The third-order valence-electron chi connectivity index (χ3n) is 2.63. The van der Waals surface area contributed by atoms with Crippen LogP contribution < -0.4 is 11.3 Å². The highest BCUT2D eigenvalue weighted by molar-refractivity contribution is 9.10. The van der Waals surface area contributed by atoms with Gasteiger partial charge in [-0.25, -0.2) is 0 Å². The summed E-state index contributed by atoms with van der Waals surface area (Å²) >= 11 is 5.21. The molecule has 2 aromatic rings. The van der Waals surface area contributed by atoms with Crippen LogP contribution in [0.2, 0.25) is 0 Å². The third-order valence-corrected chi connectivity index (χ3v) is 4.39. The van der Waals surface area contributed by atoms with Crippen molar-refractivity contribution in [3.05, 3.63) is 50.9 Å². The first-order valence-corrected chi connectivity index (χ1v) is 7.12. The molecule has 0 saturated carbocycles. The maximum Gasteiger partial charge on any atom is 0.0483 e. The van der Waals surface area contributed by atoms with Crippen molar-refractivity contribution in [2.45, 2.75) is 18.9 Å². The maximum atomic E-state index is 5.61. The molecular weight excluding hydrogens is 298 g/mol. The minimum absolute atomic E-state index is 0.164. The van der Waals surface area contributed by atoms with Crippen LogP contribution in [0.5, 0.6) is 0 Å². The molecule has 0 bridgehead atoms. The lowest BCUT2D eigenvalue weighted by Gasteiger charge is -2.15. The van der Waals surface area contributed by atoms with Crippen molar-refractivity contribution < 1.29 is 0 Å². The Balaban J connectivity index is 2.00. The number of halogens is 1. The van der Waals surface area contributed by atoms with E-state index in [2.05, 4.69) is 37.1 Å². The molecule has 1 atom stereocenters. The number of nitrogens with one attached hydrogen (secondary N) is 1. The molecule has 0 aliphatic carbocycles. The Morgan fingerprint density at radius 2 is 2.29 bits per heavy atom. The average Bonchev–Trinajstić information content (AvgIpc) is 2.78. The minimum atomic E-state index is 0.164. The van der Waals surface area contributed by atoms with Crippen LogP contribution in [-0.2, 0) is 6.42 Å². The van der Waals surface area contributed by atoms with Crippen LogP contribution in [0.1, 0.15) is 23.7 Å². The minimum Gasteiger partial charge on any atom is -0.271 e. The van der Waals surface area contributed by atoms with Crippen LogP contribution in [-0.4, -0.2) is 4.98 Å². The van der Waals surface area contributed by atoms with Gasteiger partial charge in [0.1, 0.15) is 0 Å². The van der Waals surface area contributed by atoms with E-state index in [-0.39, 0.29) is 6.04 Å². The number of aromatic nitrogens is 1. The summed E-state index contributed by atoms with van der Waals surface area (Å²) < 4.78 is 1.12. The van der Waals surface area contributed by atoms with Gasteiger partial charge in [0.05, 0.1) is 0 Å². The molecule has 2 aromatic heterocycles. The topological polar surface area (TPSA) is 50.9 Å². The smallest absolute Gasteiger partial charge is 0.0483 e. The maximum absolute atomic E-state index is 5.61. The second kappa shape index (κ2) is 6.26. The number of pyridine rings is 1. The van der Waals surface area contributed by atoms with Gasteiger partial charge in [0.2, 0.25) is 0 Å². The standard InChI is InChI=1S/C12H14BrN3S/c13-11-8-17-7-10(11)12(16-14)5-4-9-3-1-2-6-15-9/h1-3,6-8,12,16H,4-5,14H2. The van der Waals surface area contributed by atoms with Gasteiger partial charge in [-0.05, 0) is 51.8 Å². The van der Waals surface area contributed by atoms with Gasteiger partial charge in [-0.15, -0.1) is 0 Å². The van der Waals surface area contributed by atoms with Gasteiger partial charge in [-0.2, -0.15) is 11.3 Å². The molecule has 17 heavy (non-hydrogen) atoms. The highest BCUT2D eigenvalue weighted by atomic mass is 79.9. The molecule has 0 fully saturated rings. The largest absolute Gasteiger partial charge is 0.271 e. The van der Waals surface area contributed by atoms with E-state index < -0.39 is 0 Å². The molecule has 90 valence electrons. The molecule has 2 rings (SSSR count). The van der Waals surface area contributed by atoms with Gasteiger partial charge < -0.3 is 0 Å². The molecule has 0 aromatic carbocycles. The Morgan fingerprint density at radius 1 is 1.41 bits per heavy atom. The van der Waals surface area contributed by atoms with Crippen molar-refractivity contribution in [3.8, 4) is 0 Å². The third kappa shape index (κ3) is 3.35. The van der Waals surface area contributed by atoms with Crippen molar-refractivity contribution in [1.29, 1.82) is 0 Å². The van der Waals surface area contributed by atoms with E-state index in [1.165, 1.54) is 5.56 Å². The number of rotatable bonds is 5. The molecule has 3 nitrogen and oxygen atoms in total. The van der Waals surface area contributed by atoms with Gasteiger partial charge in [-0.3, -0.25) is 16.3 Å². The lowest BCUT2D eigenvalue weighted by atomic mass is 10.0. The summed E-state index contributed by atoms with van der Waals surface area (Å²) in [5, 5.41) is 4.19. The average molecular weight is 312 g/mol. The Hall–Kier alpha value is -0.750. The van der Waals surface area contributed by atoms with Gasteiger partial charge >= 0.3 is 0 Å². The number of thiophene rings is 1. The molecule has 0 saturated heterocycles. The van der Waals surface area contributed by atoms with Crippen LogP contribution in [0.25, 0.3) is 0 Å². The summed E-state index contributed by atoms with van der Waals surface area (Å²) in [6, 6.07) is 6.14. The summed E-state index contributed by atoms with van der Waals surface area (Å²) in [5.74, 6) is 5.61. The zero-order valence-corrected chi connectivity index (χ0v) is 11.7. The number of hydrogen-bond acceptors (Lipinski definition) is 4. The Bertz CT molecular complexity index is 458. The molecule has 0 radical (unpaired) electrons. The predicted octanol–water partition coefficient (Wildman–Crippen LogP) is 3.04. The van der Waals surface area contributed by atoms with E-state index in [1.807, 2.05) is 24.4 Å². The van der Waals surface area contributed by atoms with Crippen LogP contribution in [0.4, 0.5) is 0 Å². The first-order chi connectivity index (χ1) is 8.31. The van der Waals surface area contributed by atoms with E-state index in [0.29, 0.717) is 0 Å². The zero-order valence-electron chi connectivity index (χ0n) is 9.27. The van der Waals surface area contributed by atoms with Gasteiger partial charge in [0, 0.05) is 27.8 Å². The lowest BCUT2D eigenvalue weighted by molar-refractivity contribution is 0.513. The monoisotopic (exact) mass is 311 g/mol. The van der Waals surface area contributed by atoms with Crippen molar-refractivity contribution in [2.75, 3.05) is 0 Å². The first-order valence-electron chi connectivity index (χ1n) is 5.39. The van der Waals surface area contributed by atoms with Gasteiger partial charge in [0.15, 0.2) is 0 Å². The fraction of sp³-hybridized carbons (Fsp3) is 0.250. The highest BCUT2D eigenvalue weighted by Crippen LogP contribution is 2.29. The fourth-order valence-electron chi connectivity index (χ4n) is 1.71. The van der Waals surface area contributed by atoms with Crippen molar-refractivity contribution in [3.63, 3.8) is 0 Å². The summed E-state index contributed by atoms with van der Waals surface area (Å²) in [6.07, 6.45) is 3.67. The summed E-state index contributed by atoms with van der Waals surface area (Å²) in [6.45, 7) is 0. The van der Waals surface area contributed by atoms with Crippen LogP contribution in [0.3, 0.4) is 0 Å². The molecule has 0 aliphatic rings. The molecule has 5 heteroatoms. The van der Waals surface area contributed by atoms with Crippen molar-refractivity contribution in [2.24, 2.45) is 5.84 Å². The molecular formula is C12H14BrN3S. The van der Waals surface area contributed by atoms with E-state index in [9.17, 15) is 0 Å². The predicted molar refractivity (Wildman–Crippen MR) is 74.6 cm³/mol. The molecule has 1 unspecified atom stereocenters. The summed E-state index contributed by atoms with van der Waals surface area (Å²) in [4.78, 5) is 4.31. The van der Waals surface area contributed by atoms with Gasteiger partial charge in [-0.1, -0.05) is 6.07 Å². The van der Waals surface area contributed by atoms with Crippen LogP contribution >= 0.6 is 27.3 Å². The number of aryl methyl sites for hydroxylation is 1. The highest BCUT2D eigenvalue weighted by Gasteiger charge is 2.13. The Labute approximate surface area is 113 Å². The zero-order chi connectivity index (χ0) is 12.1. The quantitative estimate of drug-likeness (QED) is 0.659. The van der Waals surface area contributed by atoms with Crippen LogP contribution in [0.15, 0.2) is 39.6 Å². The first kappa shape index (κ1) is 12.7. The van der Waals surface area contributed by atoms with Crippen molar-refractivity contribution in [1.82, 2.24) is 10.4 Å². The van der Waals surface area contributed by atoms with E-state index in [1.54, 1.807) is 11.3 Å². The van der Waals surface area contributed by atoms with Crippen molar-refractivity contribution >= 4 is 27.3 Å². The second-order valence-electron chi connectivity index (χ2n) is 3.75. The Kier molecular flexibility index (Phi) is 4.67. The second-order valence-corrected chi connectivity index (χ2v) is 5.35. The van der Waals surface area contributed by atoms with E-state index >= 15 is 0 Å². The normalized spacial score (nSPS) is 12.6. The number of hydrazine groups is 1. The number of nitrogens with zero attached hydrogens (tertiary/aromatic N) is 1. The SMILES string of the molecule is NNC(CCc1ccccn1)c1cscc1Br. The molecule has 0 spiro atoms. The van der Waals surface area contributed by atoms with Crippen LogP contribution in [0, 0.1) is 0 Å². The molecule has 0 aliphatic heterocycles. The lowest BCUT2D eigenvalue weighted by Crippen LogP contribution is -2.28. The summed E-state index contributed by atoms with van der Waals surface area (Å²) in [5.41, 5.74) is 5.18. The summed E-state index contributed by atoms with van der Waals surface area (Å²) in [7, 11) is 0. The number of hydrogen-bond donors (Lipinski definition) is 2. The van der Waals surface area contributed by atoms with E-state index in [0.717, 1.165) is 23.0 Å². The van der Waals surface area contributed by atoms with E-state index in [4.69, 9.17) is 5.84 Å². The Morgan fingerprint density at radius 3 is 2.88 bits per heavy atom. The molecule has 0 amide bonds. The molecule has 2 heterocycles. The molecule has 3 N–H and O–H groups in total.